The van der Waals surface area contributed by atoms with Crippen LogP contribution in [0.5, 0.6) is 5.88 Å². The van der Waals surface area contributed by atoms with E-state index in [1.165, 1.54) is 12.3 Å². The molecule has 1 saturated heterocycles. The molecule has 2 heterocycles. The average molecular weight is 358 g/mol. The van der Waals surface area contributed by atoms with Crippen LogP contribution in [0.25, 0.3) is 0 Å². The smallest absolute Gasteiger partial charge is 0.425 e. The molecule has 0 bridgehead atoms. The Kier molecular flexibility index (Phi) is 4.66. The van der Waals surface area contributed by atoms with Gasteiger partial charge in [0.15, 0.2) is 6.10 Å². The summed E-state index contributed by atoms with van der Waals surface area (Å²) in [5.41, 5.74) is 0.138. The third kappa shape index (κ3) is 3.58. The van der Waals surface area contributed by atoms with Crippen LogP contribution < -0.4 is 9.64 Å². The summed E-state index contributed by atoms with van der Waals surface area (Å²) in [7, 11) is 0. The maximum absolute atomic E-state index is 12.8. The fourth-order valence-electron chi connectivity index (χ4n) is 3.54. The lowest BCUT2D eigenvalue weighted by Crippen LogP contribution is -2.38. The van der Waals surface area contributed by atoms with Gasteiger partial charge in [-0.15, -0.1) is 0 Å². The Labute approximate surface area is 143 Å². The first-order chi connectivity index (χ1) is 11.7. The van der Waals surface area contributed by atoms with E-state index in [4.69, 9.17) is 4.74 Å². The van der Waals surface area contributed by atoms with Crippen LogP contribution in [0.1, 0.15) is 39.0 Å². The summed E-state index contributed by atoms with van der Waals surface area (Å²) in [6.45, 7) is 1.47. The molecular weight excluding hydrogens is 337 g/mol. The molecule has 1 aromatic heterocycles. The Bertz CT molecular complexity index is 625. The van der Waals surface area contributed by atoms with E-state index in [1.54, 1.807) is 11.0 Å². The van der Waals surface area contributed by atoms with Gasteiger partial charge in [-0.25, -0.2) is 4.98 Å². The van der Waals surface area contributed by atoms with E-state index in [9.17, 15) is 23.1 Å². The second-order valence-corrected chi connectivity index (χ2v) is 6.87. The van der Waals surface area contributed by atoms with Crippen molar-refractivity contribution in [1.82, 2.24) is 4.98 Å². The fourth-order valence-corrected chi connectivity index (χ4v) is 3.54. The number of aliphatic hydroxyl groups is 1. The SMILES string of the molecule is C[C@H](Oc1ccc(N2CCC3(CCC(O)CC3)C2=O)cn1)C(F)(F)F. The van der Waals surface area contributed by atoms with Gasteiger partial charge in [0.1, 0.15) is 0 Å². The number of rotatable bonds is 3. The number of anilines is 1. The molecule has 2 aliphatic rings. The molecule has 1 N–H and O–H groups in total. The molecule has 1 aliphatic heterocycles. The zero-order chi connectivity index (χ0) is 18.2. The summed E-state index contributed by atoms with van der Waals surface area (Å²) >= 11 is 0. The highest BCUT2D eigenvalue weighted by molar-refractivity contribution is 5.99. The van der Waals surface area contributed by atoms with Gasteiger partial charge in [0, 0.05) is 12.6 Å². The van der Waals surface area contributed by atoms with E-state index >= 15 is 0 Å². The van der Waals surface area contributed by atoms with Crippen molar-refractivity contribution in [3.63, 3.8) is 0 Å². The molecule has 0 unspecified atom stereocenters. The number of aliphatic hydroxyl groups excluding tert-OH is 1. The molecule has 1 atom stereocenters. The van der Waals surface area contributed by atoms with Gasteiger partial charge in [0.05, 0.1) is 23.4 Å². The maximum atomic E-state index is 12.8. The summed E-state index contributed by atoms with van der Waals surface area (Å²) in [6.07, 6.45) is -2.06. The fraction of sp³-hybridized carbons (Fsp3) is 0.647. The van der Waals surface area contributed by atoms with Gasteiger partial charge in [0.25, 0.3) is 0 Å². The molecule has 1 amide bonds. The number of alkyl halides is 3. The van der Waals surface area contributed by atoms with Crippen molar-refractivity contribution in [3.8, 4) is 5.88 Å². The summed E-state index contributed by atoms with van der Waals surface area (Å²) in [6, 6.07) is 2.90. The Balaban J connectivity index is 1.68. The quantitative estimate of drug-likeness (QED) is 0.902. The van der Waals surface area contributed by atoms with Gasteiger partial charge in [-0.1, -0.05) is 0 Å². The van der Waals surface area contributed by atoms with Crippen molar-refractivity contribution >= 4 is 11.6 Å². The van der Waals surface area contributed by atoms with Gasteiger partial charge >= 0.3 is 6.18 Å². The van der Waals surface area contributed by atoms with Crippen LogP contribution in [0.4, 0.5) is 18.9 Å². The molecule has 1 spiro atoms. The molecule has 1 aliphatic carbocycles. The van der Waals surface area contributed by atoms with Crippen LogP contribution in [0.15, 0.2) is 18.3 Å². The van der Waals surface area contributed by atoms with Crippen LogP contribution in [0, 0.1) is 5.41 Å². The molecule has 1 saturated carbocycles. The van der Waals surface area contributed by atoms with Crippen LogP contribution >= 0.6 is 0 Å². The third-order valence-corrected chi connectivity index (χ3v) is 5.22. The van der Waals surface area contributed by atoms with Crippen molar-refractivity contribution in [3.05, 3.63) is 18.3 Å². The van der Waals surface area contributed by atoms with Crippen LogP contribution in [0.3, 0.4) is 0 Å². The number of aromatic nitrogens is 1. The number of hydrogen-bond acceptors (Lipinski definition) is 4. The highest BCUT2D eigenvalue weighted by Crippen LogP contribution is 2.46. The average Bonchev–Trinajstić information content (AvgIpc) is 2.87. The summed E-state index contributed by atoms with van der Waals surface area (Å²) in [5.74, 6) is -0.116. The van der Waals surface area contributed by atoms with Crippen molar-refractivity contribution in [2.45, 2.75) is 57.4 Å². The predicted octanol–water partition coefficient (Wildman–Crippen LogP) is 3.07. The van der Waals surface area contributed by atoms with E-state index in [0.717, 1.165) is 13.3 Å². The minimum atomic E-state index is -4.46. The molecule has 2 fully saturated rings. The number of carbonyl (C=O) groups is 1. The van der Waals surface area contributed by atoms with Gasteiger partial charge in [-0.3, -0.25) is 4.79 Å². The Hall–Kier alpha value is -1.83. The zero-order valence-electron chi connectivity index (χ0n) is 13.9. The summed E-state index contributed by atoms with van der Waals surface area (Å²) in [4.78, 5) is 18.3. The number of halogens is 3. The minimum absolute atomic E-state index is 0.0125. The number of ether oxygens (including phenoxy) is 1. The first kappa shape index (κ1) is 18.0. The number of nitrogens with zero attached hydrogens (tertiary/aromatic N) is 2. The summed E-state index contributed by atoms with van der Waals surface area (Å²) < 4.78 is 42.3. The minimum Gasteiger partial charge on any atom is -0.465 e. The molecule has 8 heteroatoms. The second-order valence-electron chi connectivity index (χ2n) is 6.87. The second kappa shape index (κ2) is 6.48. The van der Waals surface area contributed by atoms with Crippen molar-refractivity contribution in [2.24, 2.45) is 5.41 Å². The Morgan fingerprint density at radius 3 is 2.56 bits per heavy atom. The number of hydrogen-bond donors (Lipinski definition) is 1. The molecule has 138 valence electrons. The van der Waals surface area contributed by atoms with Crippen LogP contribution in [-0.4, -0.2) is 40.9 Å². The predicted molar refractivity (Wildman–Crippen MR) is 84.3 cm³/mol. The van der Waals surface area contributed by atoms with Gasteiger partial charge in [-0.05, 0) is 45.1 Å². The van der Waals surface area contributed by atoms with Crippen molar-refractivity contribution < 1.29 is 27.8 Å². The molecule has 0 radical (unpaired) electrons. The van der Waals surface area contributed by atoms with Crippen molar-refractivity contribution in [1.29, 1.82) is 0 Å². The topological polar surface area (TPSA) is 62.7 Å². The Morgan fingerprint density at radius 2 is 2.00 bits per heavy atom. The molecule has 5 nitrogen and oxygen atoms in total. The molecule has 25 heavy (non-hydrogen) atoms. The number of pyridine rings is 1. The lowest BCUT2D eigenvalue weighted by atomic mass is 9.72. The van der Waals surface area contributed by atoms with Gasteiger partial charge < -0.3 is 14.7 Å². The largest absolute Gasteiger partial charge is 0.465 e. The first-order valence-corrected chi connectivity index (χ1v) is 8.41. The highest BCUT2D eigenvalue weighted by atomic mass is 19.4. The normalized spacial score (nSPS) is 28.4. The highest BCUT2D eigenvalue weighted by Gasteiger charge is 2.48. The van der Waals surface area contributed by atoms with Gasteiger partial charge in [-0.2, -0.15) is 13.2 Å². The first-order valence-electron chi connectivity index (χ1n) is 8.41. The third-order valence-electron chi connectivity index (χ3n) is 5.22. The van der Waals surface area contributed by atoms with E-state index in [1.807, 2.05) is 0 Å². The molecule has 1 aromatic rings. The van der Waals surface area contributed by atoms with Crippen LogP contribution in [0.2, 0.25) is 0 Å². The van der Waals surface area contributed by atoms with Crippen molar-refractivity contribution in [2.75, 3.05) is 11.4 Å². The lowest BCUT2D eigenvalue weighted by molar-refractivity contribution is -0.189. The lowest BCUT2D eigenvalue weighted by Gasteiger charge is -2.33. The van der Waals surface area contributed by atoms with Crippen LogP contribution in [-0.2, 0) is 4.79 Å². The van der Waals surface area contributed by atoms with E-state index in [0.29, 0.717) is 37.9 Å². The molecular formula is C17H21F3N2O3. The van der Waals surface area contributed by atoms with E-state index in [2.05, 4.69) is 4.98 Å². The standard InChI is InChI=1S/C17H21F3N2O3/c1-11(17(18,19)20)25-14-3-2-12(10-21-14)22-9-8-16(15(22)24)6-4-13(23)5-7-16/h2-3,10-11,13,23H,4-9H2,1H3/t11-,13?,16?/m0/s1. The maximum Gasteiger partial charge on any atom is 0.425 e. The molecule has 0 aromatic carbocycles. The monoisotopic (exact) mass is 358 g/mol. The van der Waals surface area contributed by atoms with Gasteiger partial charge in [0.2, 0.25) is 11.8 Å². The molecule has 3 rings (SSSR count). The Morgan fingerprint density at radius 1 is 1.32 bits per heavy atom. The van der Waals surface area contributed by atoms with E-state index in [-0.39, 0.29) is 17.9 Å². The zero-order valence-corrected chi connectivity index (χ0v) is 13.9. The van der Waals surface area contributed by atoms with E-state index < -0.39 is 17.7 Å². The summed E-state index contributed by atoms with van der Waals surface area (Å²) in [5, 5.41) is 9.65. The number of carbonyl (C=O) groups excluding carboxylic acids is 1. The number of amides is 1.